The van der Waals surface area contributed by atoms with Gasteiger partial charge in [-0.2, -0.15) is 0 Å². The number of nitrogens with zero attached hydrogens (tertiary/aromatic N) is 1. The molecule has 1 heterocycles. The summed E-state index contributed by atoms with van der Waals surface area (Å²) in [6.07, 6.45) is 1.06. The van der Waals surface area contributed by atoms with E-state index in [0.717, 1.165) is 32.6 Å². The first-order valence-electron chi connectivity index (χ1n) is 7.25. The zero-order valence-electron chi connectivity index (χ0n) is 13.3. The molecule has 120 valence electrons. The van der Waals surface area contributed by atoms with Crippen molar-refractivity contribution in [1.29, 1.82) is 0 Å². The lowest BCUT2D eigenvalue weighted by Gasteiger charge is -2.36. The quantitative estimate of drug-likeness (QED) is 0.837. The fourth-order valence-electron chi connectivity index (χ4n) is 2.89. The highest BCUT2D eigenvalue weighted by Crippen LogP contribution is 2.30. The summed E-state index contributed by atoms with van der Waals surface area (Å²) in [6, 6.07) is 7.16. The third-order valence-corrected chi connectivity index (χ3v) is 4.14. The van der Waals surface area contributed by atoms with E-state index in [2.05, 4.69) is 55.8 Å². The Labute approximate surface area is 141 Å². The van der Waals surface area contributed by atoms with Gasteiger partial charge in [-0.3, -0.25) is 4.90 Å². The summed E-state index contributed by atoms with van der Waals surface area (Å²) in [6.45, 7) is 15.2. The molecule has 1 saturated heterocycles. The molecule has 0 spiro atoms. The van der Waals surface area contributed by atoms with E-state index < -0.39 is 0 Å². The normalized spacial score (nSPS) is 16.5. The van der Waals surface area contributed by atoms with Crippen LogP contribution in [0.25, 0.3) is 0 Å². The molecule has 21 heavy (non-hydrogen) atoms. The van der Waals surface area contributed by atoms with Gasteiger partial charge in [-0.05, 0) is 43.9 Å². The SMILES string of the molecule is C=C(C)C[C@H](c1cccc(C)c1C)N1CCNCC1.Cl.Cl. The van der Waals surface area contributed by atoms with Crippen LogP contribution < -0.4 is 5.32 Å². The van der Waals surface area contributed by atoms with Gasteiger partial charge < -0.3 is 5.32 Å². The molecule has 2 rings (SSSR count). The van der Waals surface area contributed by atoms with Crippen molar-refractivity contribution in [1.82, 2.24) is 10.2 Å². The Morgan fingerprint density at radius 1 is 1.24 bits per heavy atom. The van der Waals surface area contributed by atoms with Crippen LogP contribution in [0.5, 0.6) is 0 Å². The van der Waals surface area contributed by atoms with Crippen molar-refractivity contribution in [3.05, 3.63) is 47.0 Å². The average molecular weight is 331 g/mol. The van der Waals surface area contributed by atoms with Gasteiger partial charge in [0.2, 0.25) is 0 Å². The molecule has 0 aromatic heterocycles. The maximum absolute atomic E-state index is 4.13. The highest BCUT2D eigenvalue weighted by Gasteiger charge is 2.23. The lowest BCUT2D eigenvalue weighted by Crippen LogP contribution is -2.45. The zero-order chi connectivity index (χ0) is 13.8. The number of piperazine rings is 1. The van der Waals surface area contributed by atoms with Gasteiger partial charge in [-0.15, -0.1) is 31.4 Å². The molecule has 4 heteroatoms. The minimum absolute atomic E-state index is 0. The molecule has 1 aliphatic heterocycles. The smallest absolute Gasteiger partial charge is 0.0388 e. The summed E-state index contributed by atoms with van der Waals surface area (Å²) < 4.78 is 0. The molecular formula is C17H28Cl2N2. The monoisotopic (exact) mass is 330 g/mol. The Hall–Kier alpha value is -0.540. The van der Waals surface area contributed by atoms with Gasteiger partial charge in [0, 0.05) is 32.2 Å². The first kappa shape index (κ1) is 20.5. The molecule has 0 radical (unpaired) electrons. The van der Waals surface area contributed by atoms with E-state index in [1.165, 1.54) is 22.3 Å². The first-order valence-corrected chi connectivity index (χ1v) is 7.25. The fourth-order valence-corrected chi connectivity index (χ4v) is 2.89. The van der Waals surface area contributed by atoms with Crippen LogP contribution in [0.2, 0.25) is 0 Å². The molecule has 2 nitrogen and oxygen atoms in total. The summed E-state index contributed by atoms with van der Waals surface area (Å²) in [7, 11) is 0. The summed E-state index contributed by atoms with van der Waals surface area (Å²) in [4.78, 5) is 2.60. The van der Waals surface area contributed by atoms with E-state index in [4.69, 9.17) is 0 Å². The summed E-state index contributed by atoms with van der Waals surface area (Å²) >= 11 is 0. The van der Waals surface area contributed by atoms with Gasteiger partial charge in [-0.25, -0.2) is 0 Å². The summed E-state index contributed by atoms with van der Waals surface area (Å²) in [5, 5.41) is 3.44. The van der Waals surface area contributed by atoms with Crippen molar-refractivity contribution >= 4 is 24.8 Å². The third-order valence-electron chi connectivity index (χ3n) is 4.14. The number of hydrogen-bond acceptors (Lipinski definition) is 2. The maximum atomic E-state index is 4.13. The number of benzene rings is 1. The Bertz CT molecular complexity index is 454. The molecule has 0 saturated carbocycles. The van der Waals surface area contributed by atoms with Crippen LogP contribution in [0.15, 0.2) is 30.4 Å². The lowest BCUT2D eigenvalue weighted by molar-refractivity contribution is 0.172. The molecule has 1 N–H and O–H groups in total. The number of hydrogen-bond donors (Lipinski definition) is 1. The molecule has 0 aliphatic carbocycles. The summed E-state index contributed by atoms with van der Waals surface area (Å²) in [5.74, 6) is 0. The van der Waals surface area contributed by atoms with Crippen molar-refractivity contribution in [2.75, 3.05) is 26.2 Å². The minimum Gasteiger partial charge on any atom is -0.314 e. The van der Waals surface area contributed by atoms with Gasteiger partial charge in [0.25, 0.3) is 0 Å². The topological polar surface area (TPSA) is 15.3 Å². The second-order valence-electron chi connectivity index (χ2n) is 5.75. The Morgan fingerprint density at radius 2 is 1.86 bits per heavy atom. The van der Waals surface area contributed by atoms with Crippen LogP contribution in [-0.2, 0) is 0 Å². The van der Waals surface area contributed by atoms with Crippen LogP contribution >= 0.6 is 24.8 Å². The predicted octanol–water partition coefficient (Wildman–Crippen LogP) is 4.06. The van der Waals surface area contributed by atoms with Crippen molar-refractivity contribution in [3.63, 3.8) is 0 Å². The van der Waals surface area contributed by atoms with E-state index in [1.807, 2.05) is 0 Å². The van der Waals surface area contributed by atoms with Crippen LogP contribution in [0.4, 0.5) is 0 Å². The van der Waals surface area contributed by atoms with Gasteiger partial charge in [-0.1, -0.05) is 23.8 Å². The predicted molar refractivity (Wildman–Crippen MR) is 97.0 cm³/mol. The fraction of sp³-hybridized carbons (Fsp3) is 0.529. The number of nitrogens with one attached hydrogen (secondary N) is 1. The molecule has 0 amide bonds. The van der Waals surface area contributed by atoms with Crippen LogP contribution in [0.1, 0.15) is 36.1 Å². The van der Waals surface area contributed by atoms with Crippen molar-refractivity contribution < 1.29 is 0 Å². The van der Waals surface area contributed by atoms with Crippen LogP contribution in [0.3, 0.4) is 0 Å². The first-order chi connectivity index (χ1) is 9.09. The number of halogens is 2. The molecule has 1 fully saturated rings. The zero-order valence-corrected chi connectivity index (χ0v) is 14.9. The van der Waals surface area contributed by atoms with Gasteiger partial charge in [0.1, 0.15) is 0 Å². The highest BCUT2D eigenvalue weighted by atomic mass is 35.5. The number of rotatable bonds is 4. The second kappa shape index (κ2) is 9.47. The van der Waals surface area contributed by atoms with E-state index in [1.54, 1.807) is 0 Å². The largest absolute Gasteiger partial charge is 0.314 e. The standard InChI is InChI=1S/C17H26N2.2ClH/c1-13(2)12-17(19-10-8-18-9-11-19)16-7-5-6-14(3)15(16)4;;/h5-7,17-18H,1,8-12H2,2-4H3;2*1H/t17-;;/m1../s1. The second-order valence-corrected chi connectivity index (χ2v) is 5.75. The average Bonchev–Trinajstić information content (AvgIpc) is 2.40. The molecule has 1 aromatic rings. The van der Waals surface area contributed by atoms with Gasteiger partial charge in [0.15, 0.2) is 0 Å². The van der Waals surface area contributed by atoms with Crippen LogP contribution in [-0.4, -0.2) is 31.1 Å². The van der Waals surface area contributed by atoms with Crippen molar-refractivity contribution in [2.24, 2.45) is 0 Å². The lowest BCUT2D eigenvalue weighted by atomic mass is 9.92. The summed E-state index contributed by atoms with van der Waals surface area (Å²) in [5.41, 5.74) is 5.57. The van der Waals surface area contributed by atoms with E-state index in [-0.39, 0.29) is 24.8 Å². The molecule has 0 unspecified atom stereocenters. The van der Waals surface area contributed by atoms with E-state index >= 15 is 0 Å². The minimum atomic E-state index is 0. The van der Waals surface area contributed by atoms with Crippen LogP contribution in [0, 0.1) is 13.8 Å². The Balaban J connectivity index is 0.00000200. The number of aryl methyl sites for hydroxylation is 1. The molecular weight excluding hydrogens is 303 g/mol. The van der Waals surface area contributed by atoms with Crippen molar-refractivity contribution in [3.8, 4) is 0 Å². The molecule has 1 aliphatic rings. The Morgan fingerprint density at radius 3 is 2.43 bits per heavy atom. The Kier molecular flexibility index (Phi) is 9.23. The van der Waals surface area contributed by atoms with E-state index in [9.17, 15) is 0 Å². The van der Waals surface area contributed by atoms with Gasteiger partial charge in [0.05, 0.1) is 0 Å². The van der Waals surface area contributed by atoms with E-state index in [0.29, 0.717) is 6.04 Å². The van der Waals surface area contributed by atoms with Crippen molar-refractivity contribution in [2.45, 2.75) is 33.2 Å². The molecule has 1 aromatic carbocycles. The van der Waals surface area contributed by atoms with Gasteiger partial charge >= 0.3 is 0 Å². The highest BCUT2D eigenvalue weighted by molar-refractivity contribution is 5.85. The maximum Gasteiger partial charge on any atom is 0.0388 e. The molecule has 1 atom stereocenters. The molecule has 0 bridgehead atoms. The third kappa shape index (κ3) is 5.30.